The van der Waals surface area contributed by atoms with Gasteiger partial charge in [-0.25, -0.2) is 0 Å². The fourth-order valence-corrected chi connectivity index (χ4v) is 4.14. The van der Waals surface area contributed by atoms with Crippen LogP contribution in [0.2, 0.25) is 0 Å². The lowest BCUT2D eigenvalue weighted by Gasteiger charge is -2.45. The maximum absolute atomic E-state index is 2.45. The maximum Gasteiger partial charge on any atom is 0.115 e. The number of hydrogen-bond donors (Lipinski definition) is 0. The van der Waals surface area contributed by atoms with E-state index in [-0.39, 0.29) is 0 Å². The third kappa shape index (κ3) is 2.40. The lowest BCUT2D eigenvalue weighted by molar-refractivity contribution is -0.973. The van der Waals surface area contributed by atoms with Crippen molar-refractivity contribution in [3.8, 4) is 0 Å². The number of quaternary nitrogens is 1. The lowest BCUT2D eigenvalue weighted by atomic mass is 10.0. The topological polar surface area (TPSA) is 0 Å². The first kappa shape index (κ1) is 14.3. The van der Waals surface area contributed by atoms with Gasteiger partial charge >= 0.3 is 0 Å². The molecular formula is C20H26N+. The highest BCUT2D eigenvalue weighted by Gasteiger charge is 2.49. The highest BCUT2D eigenvalue weighted by molar-refractivity contribution is 5.22. The van der Waals surface area contributed by atoms with E-state index in [1.54, 1.807) is 0 Å². The Balaban J connectivity index is 2.02. The van der Waals surface area contributed by atoms with Gasteiger partial charge in [-0.2, -0.15) is 0 Å². The van der Waals surface area contributed by atoms with Gasteiger partial charge in [0.1, 0.15) is 12.1 Å². The Hall–Kier alpha value is -1.60. The molecule has 1 saturated heterocycles. The van der Waals surface area contributed by atoms with Gasteiger partial charge in [0.25, 0.3) is 0 Å². The second-order valence-corrected chi connectivity index (χ2v) is 6.75. The van der Waals surface area contributed by atoms with Crippen LogP contribution in [0.3, 0.4) is 0 Å². The molecule has 1 fully saturated rings. The summed E-state index contributed by atoms with van der Waals surface area (Å²) in [5.41, 5.74) is 2.99. The third-order valence-corrected chi connectivity index (χ3v) is 5.54. The molecular weight excluding hydrogens is 254 g/mol. The van der Waals surface area contributed by atoms with Crippen molar-refractivity contribution in [2.45, 2.75) is 44.8 Å². The molecule has 1 aliphatic rings. The zero-order chi connectivity index (χ0) is 14.9. The largest absolute Gasteiger partial charge is 0.312 e. The van der Waals surface area contributed by atoms with Crippen LogP contribution in [0.1, 0.15) is 49.9 Å². The Bertz CT molecular complexity index is 526. The minimum Gasteiger partial charge on any atom is -0.312 e. The first-order valence-electron chi connectivity index (χ1n) is 8.09. The molecule has 1 heterocycles. The normalized spacial score (nSPS) is 24.4. The molecule has 0 saturated carbocycles. The summed E-state index contributed by atoms with van der Waals surface area (Å²) in [7, 11) is 2.45. The number of nitrogens with zero attached hydrogens (tertiary/aromatic N) is 1. The molecule has 21 heavy (non-hydrogen) atoms. The molecule has 0 unspecified atom stereocenters. The van der Waals surface area contributed by atoms with Crippen molar-refractivity contribution in [3.63, 3.8) is 0 Å². The first-order chi connectivity index (χ1) is 10.1. The summed E-state index contributed by atoms with van der Waals surface area (Å²) in [6.07, 6.45) is 2.55. The molecule has 0 aromatic heterocycles. The molecule has 2 aromatic rings. The quantitative estimate of drug-likeness (QED) is 0.685. The van der Waals surface area contributed by atoms with Gasteiger partial charge in [0.15, 0.2) is 0 Å². The van der Waals surface area contributed by atoms with Crippen LogP contribution in [0.4, 0.5) is 0 Å². The van der Waals surface area contributed by atoms with Crippen LogP contribution in [0.15, 0.2) is 60.7 Å². The Labute approximate surface area is 128 Å². The van der Waals surface area contributed by atoms with E-state index in [2.05, 4.69) is 81.6 Å². The van der Waals surface area contributed by atoms with Gasteiger partial charge in [-0.1, -0.05) is 60.7 Å². The van der Waals surface area contributed by atoms with Crippen LogP contribution < -0.4 is 0 Å². The maximum atomic E-state index is 2.45. The van der Waals surface area contributed by atoms with E-state index in [0.717, 1.165) is 4.48 Å². The van der Waals surface area contributed by atoms with E-state index in [4.69, 9.17) is 0 Å². The van der Waals surface area contributed by atoms with Crippen molar-refractivity contribution in [1.29, 1.82) is 0 Å². The Kier molecular flexibility index (Phi) is 3.86. The van der Waals surface area contributed by atoms with Crippen LogP contribution in [0.25, 0.3) is 0 Å². The van der Waals surface area contributed by atoms with Crippen LogP contribution >= 0.6 is 0 Å². The molecule has 1 heteroatoms. The average Bonchev–Trinajstić information content (AvgIpc) is 2.88. The number of hydrogen-bond acceptors (Lipinski definition) is 0. The van der Waals surface area contributed by atoms with Crippen molar-refractivity contribution in [3.05, 3.63) is 71.8 Å². The van der Waals surface area contributed by atoms with Crippen LogP contribution in [0.5, 0.6) is 0 Å². The summed E-state index contributed by atoms with van der Waals surface area (Å²) < 4.78 is 1.12. The van der Waals surface area contributed by atoms with Crippen LogP contribution in [-0.2, 0) is 0 Å². The molecule has 0 spiro atoms. The van der Waals surface area contributed by atoms with Crippen molar-refractivity contribution < 1.29 is 4.48 Å². The van der Waals surface area contributed by atoms with E-state index in [0.29, 0.717) is 18.1 Å². The molecule has 110 valence electrons. The summed E-state index contributed by atoms with van der Waals surface area (Å²) in [5.74, 6) is 0. The van der Waals surface area contributed by atoms with Gasteiger partial charge in [0, 0.05) is 24.0 Å². The fraction of sp³-hybridized carbons (Fsp3) is 0.400. The van der Waals surface area contributed by atoms with E-state index < -0.39 is 0 Å². The fourth-order valence-electron chi connectivity index (χ4n) is 4.14. The molecule has 0 N–H and O–H groups in total. The second-order valence-electron chi connectivity index (χ2n) is 6.75. The van der Waals surface area contributed by atoms with Crippen molar-refractivity contribution in [1.82, 2.24) is 0 Å². The molecule has 2 atom stereocenters. The highest BCUT2D eigenvalue weighted by Crippen LogP contribution is 2.50. The van der Waals surface area contributed by atoms with Crippen molar-refractivity contribution in [2.75, 3.05) is 7.05 Å². The van der Waals surface area contributed by atoms with Gasteiger partial charge in [-0.05, 0) is 13.8 Å². The number of likely N-dealkylation sites (tertiary alicyclic amines) is 1. The first-order valence-corrected chi connectivity index (χ1v) is 8.09. The molecule has 1 aliphatic heterocycles. The summed E-state index contributed by atoms with van der Waals surface area (Å²) in [6, 6.07) is 24.0. The smallest absolute Gasteiger partial charge is 0.115 e. The summed E-state index contributed by atoms with van der Waals surface area (Å²) in [4.78, 5) is 0. The van der Waals surface area contributed by atoms with Gasteiger partial charge in [-0.15, -0.1) is 0 Å². The van der Waals surface area contributed by atoms with Gasteiger partial charge < -0.3 is 4.48 Å². The molecule has 1 nitrogen and oxygen atoms in total. The molecule has 2 aromatic carbocycles. The third-order valence-electron chi connectivity index (χ3n) is 5.54. The predicted molar refractivity (Wildman–Crippen MR) is 88.9 cm³/mol. The number of benzene rings is 2. The van der Waals surface area contributed by atoms with E-state index in [1.165, 1.54) is 24.0 Å². The zero-order valence-electron chi connectivity index (χ0n) is 13.4. The Morgan fingerprint density at radius 3 is 1.48 bits per heavy atom. The molecule has 0 aliphatic carbocycles. The summed E-state index contributed by atoms with van der Waals surface area (Å²) >= 11 is 0. The SMILES string of the molecule is CC(C)[N+]1(C)[C@H](c2ccccc2)CC[C@H]1c1ccccc1. The number of rotatable bonds is 3. The van der Waals surface area contributed by atoms with Gasteiger partial charge in [0.2, 0.25) is 0 Å². The van der Waals surface area contributed by atoms with Crippen LogP contribution in [-0.4, -0.2) is 17.6 Å². The van der Waals surface area contributed by atoms with Crippen LogP contribution in [0, 0.1) is 0 Å². The zero-order valence-corrected chi connectivity index (χ0v) is 13.4. The van der Waals surface area contributed by atoms with Gasteiger partial charge in [-0.3, -0.25) is 0 Å². The van der Waals surface area contributed by atoms with Crippen molar-refractivity contribution >= 4 is 0 Å². The Morgan fingerprint density at radius 1 is 0.762 bits per heavy atom. The predicted octanol–water partition coefficient (Wildman–Crippen LogP) is 5.12. The minimum absolute atomic E-state index is 0.608. The van der Waals surface area contributed by atoms with E-state index >= 15 is 0 Å². The minimum atomic E-state index is 0.608. The highest BCUT2D eigenvalue weighted by atomic mass is 15.4. The van der Waals surface area contributed by atoms with Gasteiger partial charge in [0.05, 0.1) is 13.1 Å². The second kappa shape index (κ2) is 5.65. The van der Waals surface area contributed by atoms with E-state index in [9.17, 15) is 0 Å². The molecule has 3 rings (SSSR count). The summed E-state index contributed by atoms with van der Waals surface area (Å²) in [5, 5.41) is 0. The standard InChI is InChI=1S/C20H26N/c1-16(2)21(3)19(17-10-6-4-7-11-17)14-15-20(21)18-12-8-5-9-13-18/h4-13,16,19-20H,14-15H2,1-3H3/q+1/t19-,20-/m0/s1. The monoisotopic (exact) mass is 280 g/mol. The van der Waals surface area contributed by atoms with Crippen molar-refractivity contribution in [2.24, 2.45) is 0 Å². The Morgan fingerprint density at radius 2 is 1.14 bits per heavy atom. The molecule has 0 radical (unpaired) electrons. The summed E-state index contributed by atoms with van der Waals surface area (Å²) in [6.45, 7) is 4.74. The molecule has 0 bridgehead atoms. The molecule has 0 amide bonds. The van der Waals surface area contributed by atoms with E-state index in [1.807, 2.05) is 0 Å². The average molecular weight is 280 g/mol. The lowest BCUT2D eigenvalue weighted by Crippen LogP contribution is -2.50.